The number of amides is 1. The normalized spacial score (nSPS) is 11.0. The van der Waals surface area contributed by atoms with Crippen LogP contribution in [0.3, 0.4) is 0 Å². The summed E-state index contributed by atoms with van der Waals surface area (Å²) < 4.78 is 18.3. The number of carboxylic acid groups (broad SMARTS) is 1. The molecule has 1 amide bonds. The molecule has 6 heteroatoms. The maximum atomic E-state index is 13.2. The number of rotatable bonds is 6. The Morgan fingerprint density at radius 3 is 2.55 bits per heavy atom. The van der Waals surface area contributed by atoms with E-state index in [2.05, 4.69) is 5.32 Å². The zero-order valence-corrected chi connectivity index (χ0v) is 11.7. The predicted octanol–water partition coefficient (Wildman–Crippen LogP) is 2.21. The van der Waals surface area contributed by atoms with Crippen LogP contribution in [0.25, 0.3) is 0 Å². The van der Waals surface area contributed by atoms with Crippen LogP contribution in [0.15, 0.2) is 18.2 Å². The van der Waals surface area contributed by atoms with Crippen molar-refractivity contribution in [2.45, 2.75) is 32.7 Å². The summed E-state index contributed by atoms with van der Waals surface area (Å²) in [5.41, 5.74) is -0.580. The van der Waals surface area contributed by atoms with Crippen molar-refractivity contribution >= 4 is 11.9 Å². The summed E-state index contributed by atoms with van der Waals surface area (Å²) in [6, 6.07) is 3.09. The number of carbonyl (C=O) groups excluding carboxylic acids is 1. The van der Waals surface area contributed by atoms with Gasteiger partial charge in [0.15, 0.2) is 6.61 Å². The first-order valence-corrected chi connectivity index (χ1v) is 6.21. The number of hydrogen-bond donors (Lipinski definition) is 2. The van der Waals surface area contributed by atoms with E-state index in [0.717, 1.165) is 18.6 Å². The molecule has 0 saturated carbocycles. The number of carbonyl (C=O) groups is 2. The third kappa shape index (κ3) is 4.87. The molecule has 0 fully saturated rings. The molecule has 2 N–H and O–H groups in total. The zero-order chi connectivity index (χ0) is 15.3. The Hall–Kier alpha value is -2.11. The number of halogens is 1. The second-order valence-corrected chi connectivity index (χ2v) is 5.06. The van der Waals surface area contributed by atoms with Gasteiger partial charge in [0.05, 0.1) is 5.56 Å². The van der Waals surface area contributed by atoms with Gasteiger partial charge in [-0.15, -0.1) is 0 Å². The van der Waals surface area contributed by atoms with Crippen molar-refractivity contribution < 1.29 is 23.8 Å². The van der Waals surface area contributed by atoms with Gasteiger partial charge >= 0.3 is 5.97 Å². The lowest BCUT2D eigenvalue weighted by Gasteiger charge is -2.24. The van der Waals surface area contributed by atoms with Crippen molar-refractivity contribution in [3.05, 3.63) is 29.6 Å². The topological polar surface area (TPSA) is 75.6 Å². The highest BCUT2D eigenvalue weighted by atomic mass is 19.1. The molecule has 1 rings (SSSR count). The first-order valence-electron chi connectivity index (χ1n) is 6.21. The second kappa shape index (κ2) is 6.36. The Bertz CT molecular complexity index is 514. The summed E-state index contributed by atoms with van der Waals surface area (Å²) in [4.78, 5) is 22.4. The lowest BCUT2D eigenvalue weighted by molar-refractivity contribution is -0.124. The Morgan fingerprint density at radius 1 is 1.35 bits per heavy atom. The minimum Gasteiger partial charge on any atom is -0.484 e. The van der Waals surface area contributed by atoms with E-state index in [4.69, 9.17) is 9.84 Å². The first-order chi connectivity index (χ1) is 9.23. The first kappa shape index (κ1) is 15.9. The fourth-order valence-corrected chi connectivity index (χ4v) is 1.42. The van der Waals surface area contributed by atoms with E-state index in [0.29, 0.717) is 0 Å². The van der Waals surface area contributed by atoms with Crippen molar-refractivity contribution in [3.8, 4) is 5.75 Å². The molecule has 0 unspecified atom stereocenters. The van der Waals surface area contributed by atoms with Crippen LogP contribution in [0.4, 0.5) is 4.39 Å². The molecule has 0 spiro atoms. The average molecular weight is 283 g/mol. The highest BCUT2D eigenvalue weighted by Gasteiger charge is 2.18. The van der Waals surface area contributed by atoms with E-state index >= 15 is 0 Å². The van der Waals surface area contributed by atoms with Crippen LogP contribution < -0.4 is 10.1 Å². The molecule has 0 saturated heterocycles. The van der Waals surface area contributed by atoms with Gasteiger partial charge in [-0.25, -0.2) is 9.18 Å². The molecule has 20 heavy (non-hydrogen) atoms. The predicted molar refractivity (Wildman–Crippen MR) is 71.4 cm³/mol. The highest BCUT2D eigenvalue weighted by Crippen LogP contribution is 2.16. The van der Waals surface area contributed by atoms with Gasteiger partial charge in [0.1, 0.15) is 11.6 Å². The molecule has 0 aliphatic carbocycles. The summed E-state index contributed by atoms with van der Waals surface area (Å²) in [7, 11) is 0. The van der Waals surface area contributed by atoms with Crippen LogP contribution in [0.5, 0.6) is 5.75 Å². The molecular weight excluding hydrogens is 265 g/mol. The van der Waals surface area contributed by atoms with E-state index in [-0.39, 0.29) is 29.4 Å². The molecule has 0 aliphatic heterocycles. The van der Waals surface area contributed by atoms with Crippen LogP contribution in [0.1, 0.15) is 37.6 Å². The molecule has 110 valence electrons. The van der Waals surface area contributed by atoms with Crippen molar-refractivity contribution in [2.75, 3.05) is 6.61 Å². The van der Waals surface area contributed by atoms with Gasteiger partial charge in [0.25, 0.3) is 5.91 Å². The quantitative estimate of drug-likeness (QED) is 0.839. The molecule has 0 aromatic heterocycles. The Labute approximate surface area is 116 Å². The van der Waals surface area contributed by atoms with E-state index in [1.165, 1.54) is 6.07 Å². The fourth-order valence-electron chi connectivity index (χ4n) is 1.42. The number of nitrogens with one attached hydrogen (secondary N) is 1. The summed E-state index contributed by atoms with van der Waals surface area (Å²) >= 11 is 0. The van der Waals surface area contributed by atoms with Gasteiger partial charge in [-0.3, -0.25) is 4.79 Å². The number of carboxylic acids is 1. The molecule has 0 atom stereocenters. The minimum absolute atomic E-state index is 0.00635. The van der Waals surface area contributed by atoms with E-state index < -0.39 is 11.8 Å². The van der Waals surface area contributed by atoms with E-state index in [1.54, 1.807) is 0 Å². The summed E-state index contributed by atoms with van der Waals surface area (Å²) in [6.07, 6.45) is 0.752. The van der Waals surface area contributed by atoms with Crippen LogP contribution in [-0.2, 0) is 4.79 Å². The van der Waals surface area contributed by atoms with Gasteiger partial charge in [-0.05, 0) is 32.4 Å². The van der Waals surface area contributed by atoms with Gasteiger partial charge in [0, 0.05) is 11.6 Å². The monoisotopic (exact) mass is 283 g/mol. The molecule has 5 nitrogen and oxygen atoms in total. The molecule has 1 aromatic carbocycles. The standard InChI is InChI=1S/C14H18FNO4/c1-4-14(2,3)16-12(17)8-20-11-6-9(13(18)19)5-10(15)7-11/h5-7H,4,8H2,1-3H3,(H,16,17)(H,18,19). The van der Waals surface area contributed by atoms with E-state index in [9.17, 15) is 14.0 Å². The highest BCUT2D eigenvalue weighted by molar-refractivity contribution is 5.88. The van der Waals surface area contributed by atoms with Gasteiger partial charge in [-0.1, -0.05) is 6.92 Å². The van der Waals surface area contributed by atoms with Crippen LogP contribution in [0.2, 0.25) is 0 Å². The van der Waals surface area contributed by atoms with Crippen molar-refractivity contribution in [3.63, 3.8) is 0 Å². The van der Waals surface area contributed by atoms with Crippen LogP contribution in [-0.4, -0.2) is 29.1 Å². The summed E-state index contributed by atoms with van der Waals surface area (Å²) in [6.45, 7) is 5.38. The minimum atomic E-state index is -1.26. The maximum Gasteiger partial charge on any atom is 0.335 e. The van der Waals surface area contributed by atoms with Crippen molar-refractivity contribution in [1.82, 2.24) is 5.32 Å². The van der Waals surface area contributed by atoms with Gasteiger partial charge in [-0.2, -0.15) is 0 Å². The average Bonchev–Trinajstić information content (AvgIpc) is 2.35. The zero-order valence-electron chi connectivity index (χ0n) is 11.7. The molecule has 1 aromatic rings. The van der Waals surface area contributed by atoms with Crippen LogP contribution >= 0.6 is 0 Å². The van der Waals surface area contributed by atoms with E-state index in [1.807, 2.05) is 20.8 Å². The molecule has 0 radical (unpaired) electrons. The Balaban J connectivity index is 2.66. The smallest absolute Gasteiger partial charge is 0.335 e. The van der Waals surface area contributed by atoms with Gasteiger partial charge in [0.2, 0.25) is 0 Å². The molecule has 0 aliphatic rings. The molecule has 0 bridgehead atoms. The van der Waals surface area contributed by atoms with Gasteiger partial charge < -0.3 is 15.2 Å². The number of benzene rings is 1. The second-order valence-electron chi connectivity index (χ2n) is 5.06. The number of aromatic carboxylic acids is 1. The largest absolute Gasteiger partial charge is 0.484 e. The number of ether oxygens (including phenoxy) is 1. The number of hydrogen-bond acceptors (Lipinski definition) is 3. The third-order valence-corrected chi connectivity index (χ3v) is 2.85. The lowest BCUT2D eigenvalue weighted by atomic mass is 10.0. The molecular formula is C14H18FNO4. The summed E-state index contributed by atoms with van der Waals surface area (Å²) in [5.74, 6) is -2.33. The van der Waals surface area contributed by atoms with Crippen LogP contribution in [0, 0.1) is 5.82 Å². The third-order valence-electron chi connectivity index (χ3n) is 2.85. The fraction of sp³-hybridized carbons (Fsp3) is 0.429. The SMILES string of the molecule is CCC(C)(C)NC(=O)COc1cc(F)cc(C(=O)O)c1. The molecule has 0 heterocycles. The Morgan fingerprint density at radius 2 is 2.00 bits per heavy atom. The summed E-state index contributed by atoms with van der Waals surface area (Å²) in [5, 5.41) is 11.5. The van der Waals surface area contributed by atoms with Crippen molar-refractivity contribution in [1.29, 1.82) is 0 Å². The lowest BCUT2D eigenvalue weighted by Crippen LogP contribution is -2.44. The van der Waals surface area contributed by atoms with Crippen molar-refractivity contribution in [2.24, 2.45) is 0 Å². The maximum absolute atomic E-state index is 13.2. The Kier molecular flexibility index (Phi) is 5.07.